The average Bonchev–Trinajstić information content (AvgIpc) is 3.41. The summed E-state index contributed by atoms with van der Waals surface area (Å²) in [5.74, 6) is -3.82. The molecule has 1 aromatic carbocycles. The molecule has 2 atom stereocenters. The van der Waals surface area contributed by atoms with Gasteiger partial charge in [0.2, 0.25) is 17.7 Å². The summed E-state index contributed by atoms with van der Waals surface area (Å²) < 4.78 is 19.9. The van der Waals surface area contributed by atoms with Crippen LogP contribution in [0, 0.1) is 0 Å². The zero-order chi connectivity index (χ0) is 29.5. The van der Waals surface area contributed by atoms with E-state index in [4.69, 9.17) is 19.6 Å². The number of carboxylic acid groups (broad SMARTS) is 1. The molecule has 1 heterocycles. The third-order valence-electron chi connectivity index (χ3n) is 4.94. The maximum Gasteiger partial charge on any atom is 0.469 e. The summed E-state index contributed by atoms with van der Waals surface area (Å²) in [7, 11) is -4.94. The van der Waals surface area contributed by atoms with E-state index < -0.39 is 62.8 Å². The Morgan fingerprint density at radius 2 is 1.73 bits per heavy atom. The smallest absolute Gasteiger partial charge is 0.469 e. The van der Waals surface area contributed by atoms with Crippen LogP contribution in [0.25, 0.3) is 0 Å². The molecule has 218 valence electrons. The SMILES string of the molecule is O=C(CNC(=O)[C@H](Cc1cnc[nH]1)NC(=O)OCc1ccccc1)NCCC(=O)N[C@@H](COP(=O)(O)O)C(=O)O. The van der Waals surface area contributed by atoms with Crippen molar-refractivity contribution in [2.75, 3.05) is 19.7 Å². The second-order valence-electron chi connectivity index (χ2n) is 8.10. The minimum absolute atomic E-state index is 0.0184. The van der Waals surface area contributed by atoms with Crippen LogP contribution in [-0.4, -0.2) is 86.4 Å². The molecule has 4 amide bonds. The normalized spacial score (nSPS) is 12.4. The van der Waals surface area contributed by atoms with Gasteiger partial charge in [-0.05, 0) is 5.56 Å². The van der Waals surface area contributed by atoms with Gasteiger partial charge in [0.25, 0.3) is 0 Å². The van der Waals surface area contributed by atoms with Gasteiger partial charge in [-0.15, -0.1) is 0 Å². The fourth-order valence-electron chi connectivity index (χ4n) is 3.01. The minimum atomic E-state index is -4.94. The van der Waals surface area contributed by atoms with Gasteiger partial charge < -0.3 is 45.9 Å². The largest absolute Gasteiger partial charge is 0.480 e. The van der Waals surface area contributed by atoms with Gasteiger partial charge in [-0.25, -0.2) is 19.1 Å². The van der Waals surface area contributed by atoms with Gasteiger partial charge in [0.05, 0.1) is 19.5 Å². The van der Waals surface area contributed by atoms with E-state index in [1.165, 1.54) is 12.5 Å². The van der Waals surface area contributed by atoms with Crippen molar-refractivity contribution in [3.8, 4) is 0 Å². The van der Waals surface area contributed by atoms with Crippen LogP contribution >= 0.6 is 7.82 Å². The number of aliphatic carboxylic acids is 1. The number of alkyl carbamates (subject to hydrolysis) is 1. The molecule has 0 bridgehead atoms. The van der Waals surface area contributed by atoms with E-state index in [0.717, 1.165) is 5.56 Å². The number of amides is 4. The first kappa shape index (κ1) is 31.9. The molecule has 0 aliphatic heterocycles. The molecule has 0 saturated carbocycles. The molecule has 2 rings (SSSR count). The third-order valence-corrected chi connectivity index (χ3v) is 5.43. The van der Waals surface area contributed by atoms with E-state index in [0.29, 0.717) is 5.69 Å². The number of rotatable bonds is 16. The number of ether oxygens (including phenoxy) is 1. The van der Waals surface area contributed by atoms with Crippen LogP contribution in [-0.2, 0) is 46.0 Å². The van der Waals surface area contributed by atoms with Crippen LogP contribution in [0.1, 0.15) is 17.7 Å². The minimum Gasteiger partial charge on any atom is -0.480 e. The Balaban J connectivity index is 1.78. The Labute approximate surface area is 227 Å². The Hall–Kier alpha value is -4.31. The maximum atomic E-state index is 12.7. The van der Waals surface area contributed by atoms with Crippen molar-refractivity contribution < 1.29 is 52.7 Å². The Kier molecular flexibility index (Phi) is 12.7. The second kappa shape index (κ2) is 15.9. The van der Waals surface area contributed by atoms with Crippen molar-refractivity contribution in [3.63, 3.8) is 0 Å². The van der Waals surface area contributed by atoms with Crippen molar-refractivity contribution in [2.45, 2.75) is 31.5 Å². The molecule has 0 aliphatic rings. The Morgan fingerprint density at radius 3 is 2.35 bits per heavy atom. The number of benzene rings is 1. The fourth-order valence-corrected chi connectivity index (χ4v) is 3.36. The molecule has 0 unspecified atom stereocenters. The van der Waals surface area contributed by atoms with Crippen LogP contribution in [0.5, 0.6) is 0 Å². The molecule has 0 fully saturated rings. The van der Waals surface area contributed by atoms with Crippen LogP contribution < -0.4 is 21.3 Å². The predicted octanol–water partition coefficient (Wildman–Crippen LogP) is -1.45. The number of hydrogen-bond donors (Lipinski definition) is 8. The van der Waals surface area contributed by atoms with E-state index in [9.17, 15) is 28.5 Å². The maximum absolute atomic E-state index is 12.7. The van der Waals surface area contributed by atoms with Crippen LogP contribution in [0.3, 0.4) is 0 Å². The fraction of sp³-hybridized carbons (Fsp3) is 0.364. The molecule has 40 heavy (non-hydrogen) atoms. The number of aromatic amines is 1. The zero-order valence-electron chi connectivity index (χ0n) is 20.9. The van der Waals surface area contributed by atoms with E-state index in [1.807, 2.05) is 11.4 Å². The van der Waals surface area contributed by atoms with E-state index >= 15 is 0 Å². The second-order valence-corrected chi connectivity index (χ2v) is 9.34. The van der Waals surface area contributed by atoms with Crippen molar-refractivity contribution in [1.82, 2.24) is 31.2 Å². The number of carbonyl (C=O) groups is 5. The third kappa shape index (κ3) is 13.0. The Morgan fingerprint density at radius 1 is 1.00 bits per heavy atom. The number of imidazole rings is 1. The van der Waals surface area contributed by atoms with Gasteiger partial charge >= 0.3 is 19.9 Å². The topological polar surface area (TPSA) is 258 Å². The number of aromatic nitrogens is 2. The first-order valence-electron chi connectivity index (χ1n) is 11.6. The van der Waals surface area contributed by atoms with Gasteiger partial charge in [0, 0.05) is 31.3 Å². The predicted molar refractivity (Wildman–Crippen MR) is 134 cm³/mol. The van der Waals surface area contributed by atoms with Crippen LogP contribution in [0.15, 0.2) is 42.9 Å². The molecule has 0 saturated heterocycles. The highest BCUT2D eigenvalue weighted by Crippen LogP contribution is 2.35. The van der Waals surface area contributed by atoms with Gasteiger partial charge in [-0.3, -0.25) is 18.9 Å². The highest BCUT2D eigenvalue weighted by atomic mass is 31.2. The van der Waals surface area contributed by atoms with Gasteiger partial charge in [0.15, 0.2) is 6.04 Å². The molecule has 0 aliphatic carbocycles. The molecule has 2 aromatic rings. The number of carboxylic acids is 1. The first-order chi connectivity index (χ1) is 18.9. The summed E-state index contributed by atoms with van der Waals surface area (Å²) in [6.45, 7) is -1.75. The molecule has 1 aromatic heterocycles. The highest BCUT2D eigenvalue weighted by Gasteiger charge is 2.25. The van der Waals surface area contributed by atoms with Crippen molar-refractivity contribution in [3.05, 3.63) is 54.1 Å². The monoisotopic (exact) mass is 584 g/mol. The number of H-pyrrole nitrogens is 1. The van der Waals surface area contributed by atoms with Crippen molar-refractivity contribution in [1.29, 1.82) is 0 Å². The van der Waals surface area contributed by atoms with Crippen molar-refractivity contribution in [2.24, 2.45) is 0 Å². The quantitative estimate of drug-likeness (QED) is 0.105. The molecular weight excluding hydrogens is 555 g/mol. The van der Waals surface area contributed by atoms with Gasteiger partial charge in [-0.1, -0.05) is 30.3 Å². The summed E-state index contributed by atoms with van der Waals surface area (Å²) >= 11 is 0. The van der Waals surface area contributed by atoms with E-state index in [-0.39, 0.29) is 26.0 Å². The molecular formula is C22H29N6O11P. The van der Waals surface area contributed by atoms with E-state index in [2.05, 4.69) is 30.4 Å². The van der Waals surface area contributed by atoms with Gasteiger partial charge in [-0.2, -0.15) is 0 Å². The first-order valence-corrected chi connectivity index (χ1v) is 13.2. The lowest BCUT2D eigenvalue weighted by Gasteiger charge is -2.18. The zero-order valence-corrected chi connectivity index (χ0v) is 21.8. The van der Waals surface area contributed by atoms with Crippen LogP contribution in [0.4, 0.5) is 4.79 Å². The molecule has 17 nitrogen and oxygen atoms in total. The summed E-state index contributed by atoms with van der Waals surface area (Å²) in [5.41, 5.74) is 1.27. The Bertz CT molecular complexity index is 1190. The molecule has 18 heteroatoms. The number of carbonyl (C=O) groups excluding carboxylic acids is 4. The van der Waals surface area contributed by atoms with E-state index in [1.54, 1.807) is 24.3 Å². The summed E-state index contributed by atoms with van der Waals surface area (Å²) in [6, 6.07) is 6.04. The summed E-state index contributed by atoms with van der Waals surface area (Å²) in [4.78, 5) is 84.1. The molecule has 8 N–H and O–H groups in total. The van der Waals surface area contributed by atoms with Crippen LogP contribution in [0.2, 0.25) is 0 Å². The number of phosphoric ester groups is 1. The standard InChI is InChI=1S/C22H29N6O11P/c29-18(27-17(21(32)33)12-39-40(35,36)37)6-7-24-19(30)10-25-20(31)16(8-15-9-23-13-26-15)28-22(34)38-11-14-4-2-1-3-5-14/h1-5,9,13,16-17H,6-8,10-12H2,(H,23,26)(H,24,30)(H,25,31)(H,27,29)(H,28,34)(H,32,33)(H2,35,36,37)/t16-,17-/m0/s1. The van der Waals surface area contributed by atoms with Gasteiger partial charge in [0.1, 0.15) is 12.6 Å². The number of nitrogens with zero attached hydrogens (tertiary/aromatic N) is 1. The number of nitrogens with one attached hydrogen (secondary N) is 5. The lowest BCUT2D eigenvalue weighted by molar-refractivity contribution is -0.142. The molecule has 0 spiro atoms. The van der Waals surface area contributed by atoms with Crippen molar-refractivity contribution >= 4 is 37.6 Å². The number of phosphoric acid groups is 1. The number of hydrogen-bond acceptors (Lipinski definition) is 9. The summed E-state index contributed by atoms with van der Waals surface area (Å²) in [5, 5.41) is 18.2. The lowest BCUT2D eigenvalue weighted by atomic mass is 10.1. The lowest BCUT2D eigenvalue weighted by Crippen LogP contribution is -2.50. The summed E-state index contributed by atoms with van der Waals surface area (Å²) in [6.07, 6.45) is 1.64. The highest BCUT2D eigenvalue weighted by molar-refractivity contribution is 7.46. The molecule has 0 radical (unpaired) electrons. The average molecular weight is 584 g/mol.